The Morgan fingerprint density at radius 3 is 1.46 bits per heavy atom. The van der Waals surface area contributed by atoms with Gasteiger partial charge in [-0.2, -0.15) is 0 Å². The van der Waals surface area contributed by atoms with Crippen molar-refractivity contribution in [2.45, 2.75) is 117 Å². The van der Waals surface area contributed by atoms with E-state index >= 15 is 0 Å². The van der Waals surface area contributed by atoms with Crippen molar-refractivity contribution in [3.8, 4) is 0 Å². The van der Waals surface area contributed by atoms with E-state index in [1.807, 2.05) is 20.8 Å². The number of hydrogen-bond acceptors (Lipinski definition) is 12. The van der Waals surface area contributed by atoms with E-state index in [9.17, 15) is 56.7 Å². The minimum Gasteiger partial charge on any atom is -0.344 e. The zero-order valence-corrected chi connectivity index (χ0v) is 44.8. The highest BCUT2D eigenvalue weighted by Crippen LogP contribution is 2.47. The number of rotatable bonds is 17. The van der Waals surface area contributed by atoms with Crippen molar-refractivity contribution in [1.29, 1.82) is 0 Å². The molecule has 4 aliphatic rings. The SMILES string of the molecule is CN[C@@H](C)C(=O)N[C@H](C(=O)C1CC[C@@H]2[C@H]1[C@@H](C(=O)Nc1ccc(F)cc1)CN2C(=O)CNC(=O)C(=O)NCC(=O)N1C[C@H](C(=O)Nc2ccc(F)cc2)[C@@H]2[C@H]1CCN2C(=O)[C@@H](NC(=O)[C@H](C)NC)C(C)(C)C)C(C)(C)C. The van der Waals surface area contributed by atoms with Crippen molar-refractivity contribution < 1.29 is 56.7 Å². The normalized spacial score (nSPS) is 23.5. The molecule has 4 fully saturated rings. The number of anilines is 2. The van der Waals surface area contributed by atoms with E-state index in [1.54, 1.807) is 48.7 Å². The summed E-state index contributed by atoms with van der Waals surface area (Å²) in [5.41, 5.74) is -0.962. The molecular weight excluding hydrogens is 989 g/mol. The molecule has 0 aromatic heterocycles. The van der Waals surface area contributed by atoms with Crippen molar-refractivity contribution in [3.63, 3.8) is 0 Å². The van der Waals surface area contributed by atoms with Crippen LogP contribution < -0.4 is 42.5 Å². The summed E-state index contributed by atoms with van der Waals surface area (Å²) >= 11 is 0. The number of nitrogens with zero attached hydrogens (tertiary/aromatic N) is 3. The third kappa shape index (κ3) is 13.2. The summed E-state index contributed by atoms with van der Waals surface area (Å²) in [6.07, 6.45) is 0.830. The average molecular weight is 1060 g/mol. The zero-order valence-electron chi connectivity index (χ0n) is 44.8. The fraction of sp³-hybridized carbons (Fsp3) is 0.585. The molecule has 0 radical (unpaired) electrons. The second-order valence-corrected chi connectivity index (χ2v) is 22.4. The zero-order chi connectivity index (χ0) is 56.1. The number of fused-ring (bicyclic) bond motifs is 2. The Morgan fingerprint density at radius 1 is 0.566 bits per heavy atom. The molecule has 9 amide bonds. The summed E-state index contributed by atoms with van der Waals surface area (Å²) in [5, 5.41) is 21.6. The van der Waals surface area contributed by atoms with Crippen LogP contribution in [0.15, 0.2) is 48.5 Å². The maximum atomic E-state index is 14.5. The molecule has 2 aromatic rings. The Bertz CT molecular complexity index is 2380. The summed E-state index contributed by atoms with van der Waals surface area (Å²) in [4.78, 5) is 142. The van der Waals surface area contributed by atoms with Crippen LogP contribution in [-0.4, -0.2) is 163 Å². The maximum absolute atomic E-state index is 14.5. The van der Waals surface area contributed by atoms with Gasteiger partial charge in [-0.15, -0.1) is 0 Å². The third-order valence-corrected chi connectivity index (χ3v) is 15.2. The van der Waals surface area contributed by atoms with Gasteiger partial charge in [-0.05, 0) is 107 Å². The molecule has 1 saturated carbocycles. The number of benzene rings is 2. The molecule has 8 N–H and O–H groups in total. The van der Waals surface area contributed by atoms with Crippen LogP contribution in [0.4, 0.5) is 20.2 Å². The van der Waals surface area contributed by atoms with Crippen molar-refractivity contribution in [1.82, 2.24) is 46.6 Å². The lowest BCUT2D eigenvalue weighted by atomic mass is 9.74. The number of Topliss-reactive ketones (excluding diaryl/α,β-unsaturated/α-hetero) is 1. The number of halogens is 2. The summed E-state index contributed by atoms with van der Waals surface area (Å²) < 4.78 is 27.5. The monoisotopic (exact) mass is 1060 g/mol. The predicted molar refractivity (Wildman–Crippen MR) is 275 cm³/mol. The minimum atomic E-state index is -1.25. The van der Waals surface area contributed by atoms with Crippen LogP contribution in [0.3, 0.4) is 0 Å². The molecule has 3 aliphatic heterocycles. The average Bonchev–Trinajstić information content (AvgIpc) is 4.19. The van der Waals surface area contributed by atoms with Crippen LogP contribution >= 0.6 is 0 Å². The lowest BCUT2D eigenvalue weighted by Gasteiger charge is -2.37. The van der Waals surface area contributed by atoms with Gasteiger partial charge in [0.1, 0.15) is 17.7 Å². The van der Waals surface area contributed by atoms with Crippen LogP contribution in [0.1, 0.15) is 74.7 Å². The Balaban J connectivity index is 1.13. The van der Waals surface area contributed by atoms with Crippen LogP contribution in [0, 0.1) is 46.1 Å². The second kappa shape index (κ2) is 24.0. The fourth-order valence-corrected chi connectivity index (χ4v) is 10.9. The maximum Gasteiger partial charge on any atom is 0.309 e. The van der Waals surface area contributed by atoms with Gasteiger partial charge in [0.15, 0.2) is 5.78 Å². The van der Waals surface area contributed by atoms with Crippen molar-refractivity contribution in [2.75, 3.05) is 57.5 Å². The van der Waals surface area contributed by atoms with Gasteiger partial charge in [-0.1, -0.05) is 41.5 Å². The van der Waals surface area contributed by atoms with E-state index in [1.165, 1.54) is 51.1 Å². The van der Waals surface area contributed by atoms with Gasteiger partial charge < -0.3 is 57.2 Å². The highest BCUT2D eigenvalue weighted by molar-refractivity contribution is 6.35. The number of carbonyl (C=O) groups excluding carboxylic acids is 10. The van der Waals surface area contributed by atoms with Crippen LogP contribution in [0.25, 0.3) is 0 Å². The Kier molecular flexibility index (Phi) is 18.4. The number of nitrogens with one attached hydrogen (secondary N) is 8. The third-order valence-electron chi connectivity index (χ3n) is 15.2. The van der Waals surface area contributed by atoms with Gasteiger partial charge in [-0.25, -0.2) is 8.78 Å². The first kappa shape index (κ1) is 58.4. The van der Waals surface area contributed by atoms with Crippen molar-refractivity contribution >= 4 is 70.3 Å². The molecule has 3 heterocycles. The quantitative estimate of drug-likeness (QED) is 0.103. The van der Waals surface area contributed by atoms with Gasteiger partial charge in [0, 0.05) is 48.9 Å². The lowest BCUT2D eigenvalue weighted by molar-refractivity contribution is -0.142. The van der Waals surface area contributed by atoms with Crippen molar-refractivity contribution in [3.05, 3.63) is 60.2 Å². The van der Waals surface area contributed by atoms with Crippen LogP contribution in [-0.2, 0) is 47.9 Å². The molecule has 3 saturated heterocycles. The topological polar surface area (TPSA) is 277 Å². The van der Waals surface area contributed by atoms with Gasteiger partial charge >= 0.3 is 11.8 Å². The first-order valence-electron chi connectivity index (χ1n) is 25.7. The molecule has 0 bridgehead atoms. The van der Waals surface area contributed by atoms with Gasteiger partial charge in [0.05, 0.1) is 55.1 Å². The number of hydrogen-bond donors (Lipinski definition) is 8. The molecule has 1 unspecified atom stereocenters. The number of amides is 9. The smallest absolute Gasteiger partial charge is 0.309 e. The molecule has 2 aromatic carbocycles. The largest absolute Gasteiger partial charge is 0.344 e. The van der Waals surface area contributed by atoms with E-state index in [-0.39, 0.29) is 49.6 Å². The highest BCUT2D eigenvalue weighted by Gasteiger charge is 2.58. The Morgan fingerprint density at radius 2 is 1.00 bits per heavy atom. The fourth-order valence-electron chi connectivity index (χ4n) is 10.9. The molecule has 1 aliphatic carbocycles. The predicted octanol–water partition coefficient (Wildman–Crippen LogP) is 0.902. The van der Waals surface area contributed by atoms with E-state index < -0.39 is 155 Å². The number of carbonyl (C=O) groups is 10. The van der Waals surface area contributed by atoms with Crippen LogP contribution in [0.2, 0.25) is 0 Å². The molecule has 6 rings (SSSR count). The standard InChI is InChI=1S/C53H73F2N11O10/c1-27(56-9)45(70)62-43(52(3,4)5)42(69)33-19-20-36-40(33)34(47(72)60-31-15-11-29(54)12-16-31)25-65(36)38(67)23-58-49(74)50(75)59-24-39(68)66-26-35(48(73)61-32-17-13-30(55)14-18-32)41-37(66)21-22-64(41)51(76)44(53(6,7)8)63-46(71)28(2)57-10/h11-18,27-28,33-37,40-41,43-44,56-57H,19-26H2,1-10H3,(H,58,74)(H,59,75)(H,60,72)(H,61,73)(H,62,70)(H,63,71)/t27-,28-,33?,34-,35-,36+,37+,40+,41+,43+,44+/m0/s1. The molecule has 414 valence electrons. The van der Waals surface area contributed by atoms with Gasteiger partial charge in [-0.3, -0.25) is 47.9 Å². The first-order valence-corrected chi connectivity index (χ1v) is 25.7. The Hall–Kier alpha value is -6.88. The number of likely N-dealkylation sites (N-methyl/N-ethyl adjacent to an activating group) is 2. The van der Waals surface area contributed by atoms with E-state index in [0.717, 1.165) is 12.1 Å². The minimum absolute atomic E-state index is 0.117. The van der Waals surface area contributed by atoms with E-state index in [0.29, 0.717) is 6.42 Å². The lowest BCUT2D eigenvalue weighted by Crippen LogP contribution is -2.59. The van der Waals surface area contributed by atoms with Gasteiger partial charge in [0.25, 0.3) is 0 Å². The summed E-state index contributed by atoms with van der Waals surface area (Å²) in [5.74, 6) is -11.0. The van der Waals surface area contributed by atoms with Crippen molar-refractivity contribution in [2.24, 2.45) is 34.5 Å². The molecule has 76 heavy (non-hydrogen) atoms. The summed E-state index contributed by atoms with van der Waals surface area (Å²) in [6.45, 7) is 12.5. The molecule has 11 atom stereocenters. The first-order chi connectivity index (χ1) is 35.7. The number of ketones is 1. The molecule has 0 spiro atoms. The van der Waals surface area contributed by atoms with E-state index in [4.69, 9.17) is 0 Å². The van der Waals surface area contributed by atoms with Crippen LogP contribution in [0.5, 0.6) is 0 Å². The number of likely N-dealkylation sites (tertiary alicyclic amines) is 3. The molecule has 21 nitrogen and oxygen atoms in total. The van der Waals surface area contributed by atoms with E-state index in [2.05, 4.69) is 42.5 Å². The Labute approximate surface area is 441 Å². The summed E-state index contributed by atoms with van der Waals surface area (Å²) in [6, 6.07) is 4.72. The molecule has 23 heteroatoms. The van der Waals surface area contributed by atoms with Gasteiger partial charge in [0.2, 0.25) is 41.4 Å². The second-order valence-electron chi connectivity index (χ2n) is 22.4. The highest BCUT2D eigenvalue weighted by atomic mass is 19.1. The molecular formula is C53H73F2N11O10. The summed E-state index contributed by atoms with van der Waals surface area (Å²) in [7, 11) is 3.22.